The molecule has 46 heavy (non-hydrogen) atoms. The summed E-state index contributed by atoms with van der Waals surface area (Å²) in [5, 5.41) is 33.1. The normalized spacial score (nSPS) is 13.9. The molecule has 0 saturated heterocycles. The average Bonchev–Trinajstić information content (AvgIpc) is 3.59. The average molecular weight is 593 g/mol. The minimum atomic E-state index is -1.17. The van der Waals surface area contributed by atoms with E-state index in [2.05, 4.69) is 16.7 Å². The maximum Gasteiger partial charge on any atom is 0.263 e. The Hall–Kier alpha value is -6.47. The van der Waals surface area contributed by atoms with E-state index in [1.165, 1.54) is 4.90 Å². The first-order chi connectivity index (χ1) is 22.6. The number of anilines is 1. The Morgan fingerprint density at radius 1 is 0.652 bits per heavy atom. The number of fused-ring (bicyclic) bond motifs is 4. The monoisotopic (exact) mass is 592 g/mol. The summed E-state index contributed by atoms with van der Waals surface area (Å²) in [6, 6.07) is 46.6. The molecule has 6 nitrogen and oxygen atoms in total. The molecule has 1 unspecified atom stereocenters. The second kappa shape index (κ2) is 10.6. The fourth-order valence-corrected chi connectivity index (χ4v) is 6.69. The van der Waals surface area contributed by atoms with Crippen molar-refractivity contribution in [3.63, 3.8) is 0 Å². The standard InChI is InChI=1S/C40H24N4O2/c41-23-25-16-21-30(28(22-25)24-42)32-11-6-12-33-31-10-4-5-14-35(31)44(38(32)33)36-15-7-13-34-37(36)40(46)43(39(34)45)29-19-17-27(18-20-29)26-8-2-1-3-9-26/h1-22,39,45H. The summed E-state index contributed by atoms with van der Waals surface area (Å²) in [4.78, 5) is 15.8. The fraction of sp³-hybridized carbons (Fsp3) is 0.0250. The van der Waals surface area contributed by atoms with Gasteiger partial charge in [0.05, 0.1) is 45.5 Å². The molecule has 0 spiro atoms. The van der Waals surface area contributed by atoms with E-state index in [9.17, 15) is 20.4 Å². The lowest BCUT2D eigenvalue weighted by atomic mass is 9.96. The first-order valence-electron chi connectivity index (χ1n) is 14.9. The van der Waals surface area contributed by atoms with Crippen molar-refractivity contribution in [3.8, 4) is 40.1 Å². The molecule has 1 aliphatic heterocycles. The molecule has 1 aliphatic rings. The third kappa shape index (κ3) is 4.03. The van der Waals surface area contributed by atoms with Gasteiger partial charge in [0, 0.05) is 33.2 Å². The molecular weight excluding hydrogens is 568 g/mol. The van der Waals surface area contributed by atoms with E-state index in [0.29, 0.717) is 39.2 Å². The van der Waals surface area contributed by atoms with Gasteiger partial charge in [-0.05, 0) is 47.5 Å². The van der Waals surface area contributed by atoms with Crippen LogP contribution in [0.25, 0.3) is 49.7 Å². The highest BCUT2D eigenvalue weighted by Gasteiger charge is 2.39. The van der Waals surface area contributed by atoms with E-state index in [-0.39, 0.29) is 5.91 Å². The molecule has 6 aromatic carbocycles. The van der Waals surface area contributed by atoms with E-state index < -0.39 is 6.23 Å². The number of aromatic nitrogens is 1. The van der Waals surface area contributed by atoms with Crippen LogP contribution >= 0.6 is 0 Å². The Morgan fingerprint density at radius 2 is 1.37 bits per heavy atom. The van der Waals surface area contributed by atoms with Crippen molar-refractivity contribution in [1.29, 1.82) is 10.5 Å². The maximum absolute atomic E-state index is 14.4. The summed E-state index contributed by atoms with van der Waals surface area (Å²) >= 11 is 0. The molecule has 216 valence electrons. The number of rotatable bonds is 4. The van der Waals surface area contributed by atoms with Gasteiger partial charge in [0.2, 0.25) is 0 Å². The predicted molar refractivity (Wildman–Crippen MR) is 179 cm³/mol. The van der Waals surface area contributed by atoms with Crippen LogP contribution < -0.4 is 4.90 Å². The van der Waals surface area contributed by atoms with Crippen LogP contribution in [0.15, 0.2) is 133 Å². The number of hydrogen-bond donors (Lipinski definition) is 1. The topological polar surface area (TPSA) is 93.1 Å². The van der Waals surface area contributed by atoms with Crippen molar-refractivity contribution in [2.45, 2.75) is 6.23 Å². The molecule has 0 bridgehead atoms. The predicted octanol–water partition coefficient (Wildman–Crippen LogP) is 8.51. The molecule has 0 fully saturated rings. The number of aliphatic hydroxyl groups excluding tert-OH is 1. The summed E-state index contributed by atoms with van der Waals surface area (Å²) in [6.07, 6.45) is -1.17. The van der Waals surface area contributed by atoms with Crippen LogP contribution in [-0.2, 0) is 0 Å². The van der Waals surface area contributed by atoms with Crippen molar-refractivity contribution in [1.82, 2.24) is 4.57 Å². The number of nitriles is 2. The summed E-state index contributed by atoms with van der Waals surface area (Å²) in [7, 11) is 0. The summed E-state index contributed by atoms with van der Waals surface area (Å²) in [6.45, 7) is 0. The van der Waals surface area contributed by atoms with Crippen LogP contribution in [0.3, 0.4) is 0 Å². The molecule has 1 atom stereocenters. The van der Waals surface area contributed by atoms with Gasteiger partial charge in [-0.3, -0.25) is 9.69 Å². The van der Waals surface area contributed by atoms with Gasteiger partial charge in [0.25, 0.3) is 5.91 Å². The molecule has 0 saturated carbocycles. The zero-order chi connectivity index (χ0) is 31.4. The zero-order valence-corrected chi connectivity index (χ0v) is 24.4. The number of nitrogens with zero attached hydrogens (tertiary/aromatic N) is 4. The van der Waals surface area contributed by atoms with Gasteiger partial charge in [0.15, 0.2) is 6.23 Å². The first-order valence-corrected chi connectivity index (χ1v) is 14.9. The lowest BCUT2D eigenvalue weighted by molar-refractivity contribution is 0.0935. The van der Waals surface area contributed by atoms with Crippen molar-refractivity contribution >= 4 is 33.4 Å². The van der Waals surface area contributed by atoms with Crippen molar-refractivity contribution in [3.05, 3.63) is 156 Å². The van der Waals surface area contributed by atoms with E-state index in [1.54, 1.807) is 24.3 Å². The third-order valence-corrected chi connectivity index (χ3v) is 8.78. The summed E-state index contributed by atoms with van der Waals surface area (Å²) in [5.74, 6) is -0.301. The molecule has 0 aliphatic carbocycles. The van der Waals surface area contributed by atoms with Crippen molar-refractivity contribution in [2.75, 3.05) is 4.90 Å². The van der Waals surface area contributed by atoms with E-state index in [0.717, 1.165) is 38.5 Å². The van der Waals surface area contributed by atoms with Crippen LogP contribution in [0, 0.1) is 22.7 Å². The molecule has 8 rings (SSSR count). The number of hydrogen-bond acceptors (Lipinski definition) is 4. The molecular formula is C40H24N4O2. The van der Waals surface area contributed by atoms with Gasteiger partial charge >= 0.3 is 0 Å². The Balaban J connectivity index is 1.33. The Bertz CT molecular complexity index is 2430. The summed E-state index contributed by atoms with van der Waals surface area (Å²) < 4.78 is 2.06. The number of benzene rings is 6. The Kier molecular flexibility index (Phi) is 6.25. The number of amides is 1. The minimum Gasteiger partial charge on any atom is -0.369 e. The quantitative estimate of drug-likeness (QED) is 0.222. The van der Waals surface area contributed by atoms with Gasteiger partial charge in [-0.15, -0.1) is 0 Å². The van der Waals surface area contributed by atoms with Crippen LogP contribution in [0.1, 0.15) is 33.3 Å². The van der Waals surface area contributed by atoms with Crippen LogP contribution in [0.2, 0.25) is 0 Å². The van der Waals surface area contributed by atoms with E-state index in [4.69, 9.17) is 0 Å². The van der Waals surface area contributed by atoms with Crippen LogP contribution in [0.4, 0.5) is 5.69 Å². The molecule has 7 aromatic rings. The highest BCUT2D eigenvalue weighted by atomic mass is 16.3. The van der Waals surface area contributed by atoms with Gasteiger partial charge in [0.1, 0.15) is 0 Å². The molecule has 2 heterocycles. The molecule has 1 amide bonds. The minimum absolute atomic E-state index is 0.301. The largest absolute Gasteiger partial charge is 0.369 e. The first kappa shape index (κ1) is 27.1. The van der Waals surface area contributed by atoms with Gasteiger partial charge in [-0.25, -0.2) is 0 Å². The maximum atomic E-state index is 14.4. The summed E-state index contributed by atoms with van der Waals surface area (Å²) in [5.41, 5.74) is 8.25. The number of carbonyl (C=O) groups is 1. The van der Waals surface area contributed by atoms with Crippen molar-refractivity contribution < 1.29 is 9.90 Å². The van der Waals surface area contributed by atoms with E-state index >= 15 is 0 Å². The van der Waals surface area contributed by atoms with Crippen LogP contribution in [-0.4, -0.2) is 15.6 Å². The molecule has 1 N–H and O–H groups in total. The van der Waals surface area contributed by atoms with Crippen LogP contribution in [0.5, 0.6) is 0 Å². The number of aliphatic hydroxyl groups is 1. The van der Waals surface area contributed by atoms with E-state index in [1.807, 2.05) is 109 Å². The molecule has 6 heteroatoms. The number of carbonyl (C=O) groups excluding carboxylic acids is 1. The fourth-order valence-electron chi connectivity index (χ4n) is 6.69. The lowest BCUT2D eigenvalue weighted by Crippen LogP contribution is -2.27. The number of para-hydroxylation sites is 2. The lowest BCUT2D eigenvalue weighted by Gasteiger charge is -2.21. The molecule has 1 aromatic heterocycles. The van der Waals surface area contributed by atoms with Crippen molar-refractivity contribution in [2.24, 2.45) is 0 Å². The highest BCUT2D eigenvalue weighted by Crippen LogP contribution is 2.44. The highest BCUT2D eigenvalue weighted by molar-refractivity contribution is 6.17. The van der Waals surface area contributed by atoms with Gasteiger partial charge < -0.3 is 9.67 Å². The third-order valence-electron chi connectivity index (χ3n) is 8.78. The second-order valence-corrected chi connectivity index (χ2v) is 11.2. The Labute approximate surface area is 264 Å². The second-order valence-electron chi connectivity index (χ2n) is 11.2. The molecule has 0 radical (unpaired) electrons. The SMILES string of the molecule is N#Cc1ccc(-c2cccc3c4ccccc4n(-c4cccc5c4C(=O)N(c4ccc(-c6ccccc6)cc4)C5O)c23)c(C#N)c1. The smallest absolute Gasteiger partial charge is 0.263 e. The zero-order valence-electron chi connectivity index (χ0n) is 24.4. The van der Waals surface area contributed by atoms with Gasteiger partial charge in [-0.1, -0.05) is 97.1 Å². The Morgan fingerprint density at radius 3 is 2.15 bits per heavy atom. The van der Waals surface area contributed by atoms with Gasteiger partial charge in [-0.2, -0.15) is 10.5 Å².